The normalized spacial score (nSPS) is 31.3. The first kappa shape index (κ1) is 15.9. The maximum absolute atomic E-state index is 6.04. The number of ether oxygens (including phenoxy) is 1. The average Bonchev–Trinajstić information content (AvgIpc) is 3.06. The second kappa shape index (κ2) is 7.03. The topological polar surface area (TPSA) is 45.6 Å². The van der Waals surface area contributed by atoms with Gasteiger partial charge in [-0.15, -0.1) is 0 Å². The summed E-state index contributed by atoms with van der Waals surface area (Å²) < 4.78 is 6.04. The van der Waals surface area contributed by atoms with E-state index in [4.69, 9.17) is 4.74 Å². The van der Waals surface area contributed by atoms with Crippen molar-refractivity contribution in [3.8, 4) is 0 Å². The van der Waals surface area contributed by atoms with Crippen molar-refractivity contribution >= 4 is 5.96 Å². The summed E-state index contributed by atoms with van der Waals surface area (Å²) in [5.41, 5.74) is 0.347. The van der Waals surface area contributed by atoms with Crippen molar-refractivity contribution in [1.29, 1.82) is 0 Å². The van der Waals surface area contributed by atoms with Crippen LogP contribution in [0.2, 0.25) is 0 Å². The number of hydrogen-bond donors (Lipinski definition) is 2. The van der Waals surface area contributed by atoms with Gasteiger partial charge in [0.15, 0.2) is 5.96 Å². The zero-order chi connectivity index (χ0) is 15.4. The molecule has 0 aliphatic heterocycles. The van der Waals surface area contributed by atoms with Crippen molar-refractivity contribution in [2.24, 2.45) is 10.4 Å². The van der Waals surface area contributed by atoms with E-state index in [0.717, 1.165) is 31.8 Å². The monoisotopic (exact) mass is 305 g/mol. The largest absolute Gasteiger partial charge is 0.378 e. The fraction of sp³-hybridized carbons (Fsp3) is 0.833. The Morgan fingerprint density at radius 3 is 2.55 bits per heavy atom. The van der Waals surface area contributed by atoms with Gasteiger partial charge in [-0.1, -0.05) is 31.4 Å². The molecule has 2 N–H and O–H groups in total. The minimum atomic E-state index is 0.347. The van der Waals surface area contributed by atoms with Crippen LogP contribution in [0.3, 0.4) is 0 Å². The molecule has 3 aliphatic carbocycles. The average molecular weight is 305 g/mol. The molecule has 3 aliphatic rings. The maximum atomic E-state index is 6.04. The maximum Gasteiger partial charge on any atom is 0.191 e. The Hall–Kier alpha value is -1.03. The van der Waals surface area contributed by atoms with E-state index in [9.17, 15) is 0 Å². The van der Waals surface area contributed by atoms with Crippen LogP contribution in [0, 0.1) is 5.41 Å². The summed E-state index contributed by atoms with van der Waals surface area (Å²) in [6, 6.07) is 1.03. The van der Waals surface area contributed by atoms with Gasteiger partial charge in [-0.3, -0.25) is 4.99 Å². The molecule has 0 aromatic carbocycles. The molecule has 124 valence electrons. The van der Waals surface area contributed by atoms with E-state index in [1.54, 1.807) is 0 Å². The van der Waals surface area contributed by atoms with Crippen molar-refractivity contribution in [1.82, 2.24) is 10.6 Å². The zero-order valence-corrected chi connectivity index (χ0v) is 14.1. The molecule has 4 nitrogen and oxygen atoms in total. The highest BCUT2D eigenvalue weighted by molar-refractivity contribution is 5.80. The van der Waals surface area contributed by atoms with Crippen LogP contribution in [0.25, 0.3) is 0 Å². The van der Waals surface area contributed by atoms with Crippen molar-refractivity contribution in [3.05, 3.63) is 12.2 Å². The summed E-state index contributed by atoms with van der Waals surface area (Å²) in [6.07, 6.45) is 15.0. The molecule has 0 aromatic heterocycles. The van der Waals surface area contributed by atoms with Crippen molar-refractivity contribution in [3.63, 3.8) is 0 Å². The van der Waals surface area contributed by atoms with Gasteiger partial charge >= 0.3 is 0 Å². The second-order valence-electron chi connectivity index (χ2n) is 7.03. The molecule has 0 bridgehead atoms. The first-order chi connectivity index (χ1) is 10.8. The lowest BCUT2D eigenvalue weighted by Crippen LogP contribution is -2.66. The van der Waals surface area contributed by atoms with Crippen LogP contribution >= 0.6 is 0 Å². The molecule has 0 aromatic rings. The third-order valence-electron chi connectivity index (χ3n) is 5.82. The lowest BCUT2D eigenvalue weighted by Gasteiger charge is -2.58. The van der Waals surface area contributed by atoms with Crippen LogP contribution in [0.1, 0.15) is 58.3 Å². The molecule has 2 atom stereocenters. The predicted molar refractivity (Wildman–Crippen MR) is 91.1 cm³/mol. The quantitative estimate of drug-likeness (QED) is 0.477. The van der Waals surface area contributed by atoms with Crippen LogP contribution in [-0.4, -0.2) is 37.8 Å². The highest BCUT2D eigenvalue weighted by atomic mass is 16.5. The van der Waals surface area contributed by atoms with Crippen molar-refractivity contribution in [2.75, 3.05) is 13.7 Å². The molecular weight excluding hydrogens is 274 g/mol. The van der Waals surface area contributed by atoms with Gasteiger partial charge in [0, 0.05) is 31.2 Å². The third-order valence-corrected chi connectivity index (χ3v) is 5.82. The fourth-order valence-electron chi connectivity index (χ4n) is 4.53. The first-order valence-electron chi connectivity index (χ1n) is 9.05. The van der Waals surface area contributed by atoms with Crippen LogP contribution in [0.5, 0.6) is 0 Å². The Kier molecular flexibility index (Phi) is 5.07. The first-order valence-corrected chi connectivity index (χ1v) is 9.05. The van der Waals surface area contributed by atoms with Gasteiger partial charge in [-0.05, 0) is 39.0 Å². The molecule has 0 saturated heterocycles. The minimum Gasteiger partial charge on any atom is -0.378 e. The Morgan fingerprint density at radius 2 is 1.91 bits per heavy atom. The number of rotatable bonds is 4. The van der Waals surface area contributed by atoms with Gasteiger partial charge in [0.1, 0.15) is 0 Å². The van der Waals surface area contributed by atoms with Crippen LogP contribution < -0.4 is 10.6 Å². The Bertz CT molecular complexity index is 418. The van der Waals surface area contributed by atoms with Crippen molar-refractivity contribution in [2.45, 2.75) is 76.5 Å². The molecule has 22 heavy (non-hydrogen) atoms. The number of nitrogens with zero attached hydrogens (tertiary/aromatic N) is 1. The molecule has 2 unspecified atom stereocenters. The van der Waals surface area contributed by atoms with Crippen LogP contribution in [0.4, 0.5) is 0 Å². The lowest BCUT2D eigenvalue weighted by atomic mass is 9.55. The Labute approximate surface area is 134 Å². The lowest BCUT2D eigenvalue weighted by molar-refractivity contribution is -0.145. The molecule has 4 heteroatoms. The van der Waals surface area contributed by atoms with E-state index in [1.807, 2.05) is 7.05 Å². The highest BCUT2D eigenvalue weighted by Gasteiger charge is 2.55. The summed E-state index contributed by atoms with van der Waals surface area (Å²) in [6.45, 7) is 2.95. The predicted octanol–water partition coefficient (Wildman–Crippen LogP) is 3.00. The van der Waals surface area contributed by atoms with Gasteiger partial charge in [-0.2, -0.15) is 0 Å². The highest BCUT2D eigenvalue weighted by Crippen LogP contribution is 2.53. The molecule has 0 amide bonds. The number of guanidine groups is 1. The Balaban J connectivity index is 1.60. The summed E-state index contributed by atoms with van der Waals surface area (Å²) in [5.74, 6) is 0.971. The van der Waals surface area contributed by atoms with E-state index in [2.05, 4.69) is 34.7 Å². The third kappa shape index (κ3) is 3.03. The van der Waals surface area contributed by atoms with Gasteiger partial charge in [0.2, 0.25) is 0 Å². The van der Waals surface area contributed by atoms with Gasteiger partial charge in [-0.25, -0.2) is 0 Å². The molecular formula is C18H31N3O. The number of hydrogen-bond acceptors (Lipinski definition) is 2. The van der Waals surface area contributed by atoms with Crippen LogP contribution in [-0.2, 0) is 4.74 Å². The summed E-state index contributed by atoms with van der Waals surface area (Å²) in [4.78, 5) is 4.45. The zero-order valence-electron chi connectivity index (χ0n) is 14.1. The molecule has 2 saturated carbocycles. The van der Waals surface area contributed by atoms with E-state index < -0.39 is 0 Å². The SMILES string of the molecule is CCOC1CC(NC(=NC)NC2CC=CC2)C12CCCCC2. The van der Waals surface area contributed by atoms with E-state index in [0.29, 0.717) is 23.6 Å². The minimum absolute atomic E-state index is 0.347. The second-order valence-corrected chi connectivity index (χ2v) is 7.03. The van der Waals surface area contributed by atoms with Crippen LogP contribution in [0.15, 0.2) is 17.1 Å². The number of nitrogens with one attached hydrogen (secondary N) is 2. The number of aliphatic imine (C=N–C) groups is 1. The molecule has 1 spiro atoms. The smallest absolute Gasteiger partial charge is 0.191 e. The summed E-state index contributed by atoms with van der Waals surface area (Å²) in [7, 11) is 1.88. The fourth-order valence-corrected chi connectivity index (χ4v) is 4.53. The Morgan fingerprint density at radius 1 is 1.18 bits per heavy atom. The van der Waals surface area contributed by atoms with E-state index in [1.165, 1.54) is 32.1 Å². The molecule has 2 fully saturated rings. The van der Waals surface area contributed by atoms with Gasteiger partial charge < -0.3 is 15.4 Å². The van der Waals surface area contributed by atoms with Crippen molar-refractivity contribution < 1.29 is 4.74 Å². The molecule has 3 rings (SSSR count). The molecule has 0 radical (unpaired) electrons. The van der Waals surface area contributed by atoms with E-state index >= 15 is 0 Å². The standard InChI is InChI=1S/C18H31N3O/c1-3-22-16-13-15(18(16)11-7-4-8-12-18)21-17(19-2)20-14-9-5-6-10-14/h5-6,14-16H,3-4,7-13H2,1-2H3,(H2,19,20,21). The molecule has 0 heterocycles. The van der Waals surface area contributed by atoms with Gasteiger partial charge in [0.25, 0.3) is 0 Å². The summed E-state index contributed by atoms with van der Waals surface area (Å²) in [5, 5.41) is 7.28. The van der Waals surface area contributed by atoms with E-state index in [-0.39, 0.29) is 0 Å². The summed E-state index contributed by atoms with van der Waals surface area (Å²) >= 11 is 0. The van der Waals surface area contributed by atoms with Gasteiger partial charge in [0.05, 0.1) is 6.10 Å².